The van der Waals surface area contributed by atoms with Crippen LogP contribution in [0.25, 0.3) is 0 Å². The first-order valence-corrected chi connectivity index (χ1v) is 12.3. The summed E-state index contributed by atoms with van der Waals surface area (Å²) in [6, 6.07) is 16.4. The molecule has 7 nitrogen and oxygen atoms in total. The van der Waals surface area contributed by atoms with Crippen LogP contribution in [0.2, 0.25) is 0 Å². The molecule has 0 radical (unpaired) electrons. The third kappa shape index (κ3) is 4.85. The summed E-state index contributed by atoms with van der Waals surface area (Å²) >= 11 is 1.52. The van der Waals surface area contributed by atoms with Crippen molar-refractivity contribution >= 4 is 32.4 Å². The normalized spacial score (nSPS) is 16.2. The molecule has 1 atom stereocenters. The molecule has 4 rings (SSSR count). The highest BCUT2D eigenvalue weighted by Crippen LogP contribution is 2.25. The van der Waals surface area contributed by atoms with E-state index >= 15 is 0 Å². The summed E-state index contributed by atoms with van der Waals surface area (Å²) in [6.07, 6.45) is 0.890. The van der Waals surface area contributed by atoms with Gasteiger partial charge >= 0.3 is 0 Å². The number of carbonyl (C=O) groups is 1. The zero-order valence-corrected chi connectivity index (χ0v) is 19.1. The fourth-order valence-electron chi connectivity index (χ4n) is 3.57. The lowest BCUT2D eigenvalue weighted by atomic mass is 10.1. The Balaban J connectivity index is 1.41. The summed E-state index contributed by atoms with van der Waals surface area (Å²) < 4.78 is 25.5. The van der Waals surface area contributed by atoms with Gasteiger partial charge in [-0.15, -0.1) is 0 Å². The van der Waals surface area contributed by atoms with E-state index in [4.69, 9.17) is 0 Å². The molecule has 1 aliphatic heterocycles. The van der Waals surface area contributed by atoms with Crippen LogP contribution in [0.1, 0.15) is 26.5 Å². The molecule has 0 bridgehead atoms. The number of quaternary nitrogens is 1. The van der Waals surface area contributed by atoms with Gasteiger partial charge < -0.3 is 4.90 Å². The number of hydrogen-bond acceptors (Lipinski definition) is 5. The Hall–Kier alpha value is -2.59. The van der Waals surface area contributed by atoms with Crippen molar-refractivity contribution in [2.45, 2.75) is 24.4 Å². The van der Waals surface area contributed by atoms with Crippen LogP contribution < -0.4 is 10.2 Å². The highest BCUT2D eigenvalue weighted by Gasteiger charge is 2.24. The Morgan fingerprint density at radius 2 is 1.84 bits per heavy atom. The van der Waals surface area contributed by atoms with Crippen molar-refractivity contribution in [3.63, 3.8) is 0 Å². The number of hydrogen-bond donors (Lipinski definition) is 2. The van der Waals surface area contributed by atoms with Crippen molar-refractivity contribution in [3.05, 3.63) is 76.3 Å². The summed E-state index contributed by atoms with van der Waals surface area (Å²) in [6.45, 7) is 2.89. The molecule has 31 heavy (non-hydrogen) atoms. The van der Waals surface area contributed by atoms with Gasteiger partial charge in [0.15, 0.2) is 5.13 Å². The van der Waals surface area contributed by atoms with Crippen molar-refractivity contribution in [3.8, 4) is 0 Å². The fraction of sp³-hybridized carbons (Fsp3) is 0.273. The van der Waals surface area contributed by atoms with Crippen molar-refractivity contribution in [1.82, 2.24) is 9.29 Å². The smallest absolute Gasteiger partial charge is 0.257 e. The molecule has 2 heterocycles. The predicted octanol–water partition coefficient (Wildman–Crippen LogP) is 1.79. The maximum absolute atomic E-state index is 12.6. The van der Waals surface area contributed by atoms with Crippen molar-refractivity contribution in [1.29, 1.82) is 0 Å². The summed E-state index contributed by atoms with van der Waals surface area (Å²) in [5, 5.41) is 3.44. The number of benzene rings is 2. The lowest BCUT2D eigenvalue weighted by Gasteiger charge is -2.22. The molecule has 1 amide bonds. The Bertz CT molecular complexity index is 1170. The molecule has 0 spiro atoms. The van der Waals surface area contributed by atoms with Crippen LogP contribution in [0.4, 0.5) is 5.13 Å². The van der Waals surface area contributed by atoms with Crippen LogP contribution in [-0.2, 0) is 29.5 Å². The molecular formula is C22H25N4O3S2+. The van der Waals surface area contributed by atoms with Gasteiger partial charge in [-0.25, -0.2) is 17.7 Å². The first-order valence-electron chi connectivity index (χ1n) is 10.0. The standard InChI is InChI=1S/C22H24N4O3S2/c1-25(2)31(28,29)18-10-8-17(9-11-18)21(27)24-22-23-19-12-13-26(15-20(19)30-22)14-16-6-4-3-5-7-16/h3-11H,12-15H2,1-2H3,(H,23,24,27)/p+1. The highest BCUT2D eigenvalue weighted by atomic mass is 32.2. The minimum Gasteiger partial charge on any atom is -0.326 e. The predicted molar refractivity (Wildman–Crippen MR) is 121 cm³/mol. The van der Waals surface area contributed by atoms with Gasteiger partial charge in [0.05, 0.1) is 22.0 Å². The topological polar surface area (TPSA) is 83.8 Å². The number of carbonyl (C=O) groups excluding carboxylic acids is 1. The van der Waals surface area contributed by atoms with Gasteiger partial charge in [-0.3, -0.25) is 10.1 Å². The fourth-order valence-corrected chi connectivity index (χ4v) is 5.55. The summed E-state index contributed by atoms with van der Waals surface area (Å²) in [5.74, 6) is -0.298. The first-order chi connectivity index (χ1) is 14.8. The quantitative estimate of drug-likeness (QED) is 0.591. The Kier molecular flexibility index (Phi) is 6.19. The van der Waals surface area contributed by atoms with Gasteiger partial charge in [-0.1, -0.05) is 41.7 Å². The van der Waals surface area contributed by atoms with Crippen LogP contribution >= 0.6 is 11.3 Å². The molecule has 162 valence electrons. The molecule has 9 heteroatoms. The number of amides is 1. The second-order valence-electron chi connectivity index (χ2n) is 7.74. The molecule has 2 N–H and O–H groups in total. The van der Waals surface area contributed by atoms with E-state index in [1.165, 1.54) is 65.0 Å². The molecule has 1 aliphatic rings. The lowest BCUT2D eigenvalue weighted by molar-refractivity contribution is -0.929. The number of aromatic nitrogens is 1. The number of nitrogens with one attached hydrogen (secondary N) is 2. The maximum atomic E-state index is 12.6. The molecule has 3 aromatic rings. The Labute approximate surface area is 186 Å². The van der Waals surface area contributed by atoms with Crippen LogP contribution in [0.15, 0.2) is 59.5 Å². The highest BCUT2D eigenvalue weighted by molar-refractivity contribution is 7.89. The number of sulfonamides is 1. The SMILES string of the molecule is CN(C)S(=O)(=O)c1ccc(C(=O)Nc2nc3c(s2)C[NH+](Cc2ccccc2)CC3)cc1. The average Bonchev–Trinajstić information content (AvgIpc) is 3.16. The molecule has 0 aliphatic carbocycles. The van der Waals surface area contributed by atoms with Gasteiger partial charge in [0, 0.05) is 31.6 Å². The van der Waals surface area contributed by atoms with Crippen molar-refractivity contribution < 1.29 is 18.1 Å². The molecule has 1 aromatic heterocycles. The summed E-state index contributed by atoms with van der Waals surface area (Å²) in [7, 11) is -0.569. The van der Waals surface area contributed by atoms with E-state index in [2.05, 4.69) is 34.6 Å². The van der Waals surface area contributed by atoms with E-state index in [0.29, 0.717) is 10.7 Å². The second kappa shape index (κ2) is 8.88. The third-order valence-corrected chi connectivity index (χ3v) is 8.16. The van der Waals surface area contributed by atoms with Gasteiger partial charge in [-0.2, -0.15) is 0 Å². The maximum Gasteiger partial charge on any atom is 0.257 e. The van der Waals surface area contributed by atoms with Crippen LogP contribution in [-0.4, -0.2) is 44.3 Å². The van der Waals surface area contributed by atoms with Crippen LogP contribution in [0.5, 0.6) is 0 Å². The van der Waals surface area contributed by atoms with E-state index in [0.717, 1.165) is 36.1 Å². The van der Waals surface area contributed by atoms with E-state index in [1.807, 2.05) is 6.07 Å². The number of thiazole rings is 1. The van der Waals surface area contributed by atoms with E-state index in [1.54, 1.807) is 0 Å². The third-order valence-electron chi connectivity index (χ3n) is 5.32. The molecule has 1 unspecified atom stereocenters. The number of anilines is 1. The molecule has 2 aromatic carbocycles. The van der Waals surface area contributed by atoms with Gasteiger partial charge in [0.25, 0.3) is 5.91 Å². The number of fused-ring (bicyclic) bond motifs is 1. The minimum absolute atomic E-state index is 0.153. The number of rotatable bonds is 6. The first kappa shape index (κ1) is 21.6. The summed E-state index contributed by atoms with van der Waals surface area (Å²) in [4.78, 5) is 20.1. The monoisotopic (exact) mass is 457 g/mol. The second-order valence-corrected chi connectivity index (χ2v) is 11.0. The molecule has 0 saturated carbocycles. The van der Waals surface area contributed by atoms with E-state index < -0.39 is 10.0 Å². The Morgan fingerprint density at radius 3 is 2.52 bits per heavy atom. The van der Waals surface area contributed by atoms with Crippen LogP contribution in [0.3, 0.4) is 0 Å². The van der Waals surface area contributed by atoms with Crippen molar-refractivity contribution in [2.24, 2.45) is 0 Å². The largest absolute Gasteiger partial charge is 0.326 e. The van der Waals surface area contributed by atoms with Gasteiger partial charge in [0.1, 0.15) is 13.1 Å². The number of nitrogens with zero attached hydrogens (tertiary/aromatic N) is 2. The van der Waals surface area contributed by atoms with E-state index in [-0.39, 0.29) is 10.8 Å². The van der Waals surface area contributed by atoms with Gasteiger partial charge in [0.2, 0.25) is 10.0 Å². The lowest BCUT2D eigenvalue weighted by Crippen LogP contribution is -3.10. The molecular weight excluding hydrogens is 432 g/mol. The van der Waals surface area contributed by atoms with Crippen molar-refractivity contribution in [2.75, 3.05) is 26.0 Å². The summed E-state index contributed by atoms with van der Waals surface area (Å²) in [5.41, 5.74) is 2.77. The Morgan fingerprint density at radius 1 is 1.13 bits per heavy atom. The molecule has 0 saturated heterocycles. The van der Waals surface area contributed by atoms with E-state index in [9.17, 15) is 13.2 Å². The minimum atomic E-state index is -3.52. The van der Waals surface area contributed by atoms with Gasteiger partial charge in [-0.05, 0) is 24.3 Å². The zero-order chi connectivity index (χ0) is 22.0. The average molecular weight is 458 g/mol. The zero-order valence-electron chi connectivity index (χ0n) is 17.5. The molecule has 0 fully saturated rings. The van der Waals surface area contributed by atoms with Crippen LogP contribution in [0, 0.1) is 0 Å².